The average Bonchev–Trinajstić information content (AvgIpc) is 2.84. The minimum Gasteiger partial charge on any atom is -0.370 e. The minimum absolute atomic E-state index is 0.843. The van der Waals surface area contributed by atoms with Crippen molar-refractivity contribution in [3.05, 3.63) is 36.7 Å². The Morgan fingerprint density at radius 3 is 2.88 bits per heavy atom. The molecule has 90 valence electrons. The molecule has 0 spiro atoms. The molecule has 0 amide bonds. The van der Waals surface area contributed by atoms with Crippen LogP contribution in [-0.4, -0.2) is 21.3 Å². The Morgan fingerprint density at radius 1 is 1.18 bits per heavy atom. The van der Waals surface area contributed by atoms with E-state index < -0.39 is 0 Å². The predicted molar refractivity (Wildman–Crippen MR) is 69.4 cm³/mol. The monoisotopic (exact) mass is 230 g/mol. The van der Waals surface area contributed by atoms with Gasteiger partial charge >= 0.3 is 0 Å². The predicted octanol–water partition coefficient (Wildman–Crippen LogP) is 2.87. The van der Waals surface area contributed by atoms with Crippen molar-refractivity contribution in [3.63, 3.8) is 0 Å². The lowest BCUT2D eigenvalue weighted by Gasteiger charge is -2.08. The number of nitrogens with zero attached hydrogens (tertiary/aromatic N) is 3. The number of hydrogen-bond acceptors (Lipinski definition) is 3. The van der Waals surface area contributed by atoms with Crippen molar-refractivity contribution >= 4 is 5.82 Å². The van der Waals surface area contributed by atoms with E-state index in [1.807, 2.05) is 28.9 Å². The first-order valence-electron chi connectivity index (χ1n) is 6.11. The molecule has 0 fully saturated rings. The van der Waals surface area contributed by atoms with Gasteiger partial charge in [0.1, 0.15) is 5.82 Å². The number of aromatic nitrogens is 3. The highest BCUT2D eigenvalue weighted by Gasteiger charge is 2.03. The molecule has 4 heteroatoms. The maximum Gasteiger partial charge on any atom is 0.155 e. The zero-order valence-electron chi connectivity index (χ0n) is 10.1. The maximum atomic E-state index is 4.29. The van der Waals surface area contributed by atoms with Crippen LogP contribution in [0.1, 0.15) is 26.2 Å². The fraction of sp³-hybridized carbons (Fsp3) is 0.385. The van der Waals surface area contributed by atoms with Crippen LogP contribution in [0, 0.1) is 0 Å². The Labute approximate surface area is 102 Å². The highest BCUT2D eigenvalue weighted by molar-refractivity contribution is 5.40. The Balaban J connectivity index is 2.02. The molecule has 0 unspecified atom stereocenters. The third-order valence-corrected chi connectivity index (χ3v) is 2.60. The fourth-order valence-electron chi connectivity index (χ4n) is 1.69. The number of unbranched alkanes of at least 4 members (excludes halogenated alkanes) is 2. The van der Waals surface area contributed by atoms with E-state index in [2.05, 4.69) is 22.3 Å². The summed E-state index contributed by atoms with van der Waals surface area (Å²) in [5, 5.41) is 7.66. The van der Waals surface area contributed by atoms with Crippen molar-refractivity contribution < 1.29 is 0 Å². The lowest BCUT2D eigenvalue weighted by molar-refractivity contribution is 0.737. The zero-order valence-corrected chi connectivity index (χ0v) is 10.1. The topological polar surface area (TPSA) is 42.7 Å². The standard InChI is InChI=1S/C13H18N4/c1-2-3-5-9-15-13-8-11-16-17(13)12-7-4-6-10-14-12/h4,6-8,10-11,15H,2-3,5,9H2,1H3. The summed E-state index contributed by atoms with van der Waals surface area (Å²) in [6.45, 7) is 3.19. The summed E-state index contributed by atoms with van der Waals surface area (Å²) >= 11 is 0. The highest BCUT2D eigenvalue weighted by atomic mass is 15.3. The number of anilines is 1. The molecule has 2 aromatic heterocycles. The molecule has 0 aliphatic heterocycles. The van der Waals surface area contributed by atoms with Crippen molar-refractivity contribution in [2.75, 3.05) is 11.9 Å². The molecule has 17 heavy (non-hydrogen) atoms. The molecule has 4 nitrogen and oxygen atoms in total. The average molecular weight is 230 g/mol. The number of pyridine rings is 1. The summed E-state index contributed by atoms with van der Waals surface area (Å²) in [4.78, 5) is 4.29. The van der Waals surface area contributed by atoms with Gasteiger partial charge in [0.15, 0.2) is 5.82 Å². The molecule has 0 atom stereocenters. The van der Waals surface area contributed by atoms with Crippen LogP contribution < -0.4 is 5.32 Å². The zero-order chi connectivity index (χ0) is 11.9. The summed E-state index contributed by atoms with van der Waals surface area (Å²) in [6, 6.07) is 7.79. The van der Waals surface area contributed by atoms with E-state index in [4.69, 9.17) is 0 Å². The SMILES string of the molecule is CCCCCNc1ccnn1-c1ccccn1. The Kier molecular flexibility index (Phi) is 4.13. The molecular formula is C13H18N4. The van der Waals surface area contributed by atoms with Gasteiger partial charge in [0.25, 0.3) is 0 Å². The van der Waals surface area contributed by atoms with Crippen LogP contribution in [0.4, 0.5) is 5.82 Å². The summed E-state index contributed by atoms with van der Waals surface area (Å²) in [6.07, 6.45) is 7.24. The largest absolute Gasteiger partial charge is 0.370 e. The van der Waals surface area contributed by atoms with Gasteiger partial charge in [-0.25, -0.2) is 4.98 Å². The van der Waals surface area contributed by atoms with Crippen LogP contribution >= 0.6 is 0 Å². The summed E-state index contributed by atoms with van der Waals surface area (Å²) < 4.78 is 1.83. The normalized spacial score (nSPS) is 10.4. The van der Waals surface area contributed by atoms with E-state index in [0.717, 1.165) is 18.2 Å². The Hall–Kier alpha value is -1.84. The summed E-state index contributed by atoms with van der Waals surface area (Å²) in [5.74, 6) is 1.84. The van der Waals surface area contributed by atoms with Gasteiger partial charge in [0.05, 0.1) is 6.20 Å². The molecular weight excluding hydrogens is 212 g/mol. The molecule has 0 aliphatic carbocycles. The minimum atomic E-state index is 0.843. The molecule has 0 radical (unpaired) electrons. The molecule has 0 aromatic carbocycles. The Morgan fingerprint density at radius 2 is 2.12 bits per heavy atom. The molecule has 2 aromatic rings. The molecule has 0 bridgehead atoms. The van der Waals surface area contributed by atoms with Crippen LogP contribution in [-0.2, 0) is 0 Å². The van der Waals surface area contributed by atoms with Gasteiger partial charge in [0.2, 0.25) is 0 Å². The van der Waals surface area contributed by atoms with Gasteiger partial charge in [-0.05, 0) is 18.6 Å². The van der Waals surface area contributed by atoms with Gasteiger partial charge in [-0.2, -0.15) is 9.78 Å². The van der Waals surface area contributed by atoms with E-state index in [-0.39, 0.29) is 0 Å². The van der Waals surface area contributed by atoms with Crippen molar-refractivity contribution in [1.29, 1.82) is 0 Å². The summed E-state index contributed by atoms with van der Waals surface area (Å²) in [5.41, 5.74) is 0. The molecule has 2 heterocycles. The smallest absolute Gasteiger partial charge is 0.155 e. The number of hydrogen-bond donors (Lipinski definition) is 1. The van der Waals surface area contributed by atoms with Crippen molar-refractivity contribution in [1.82, 2.24) is 14.8 Å². The van der Waals surface area contributed by atoms with Crippen molar-refractivity contribution in [3.8, 4) is 5.82 Å². The lowest BCUT2D eigenvalue weighted by atomic mass is 10.2. The van der Waals surface area contributed by atoms with Crippen LogP contribution in [0.25, 0.3) is 5.82 Å². The van der Waals surface area contributed by atoms with Crippen LogP contribution in [0.15, 0.2) is 36.7 Å². The van der Waals surface area contributed by atoms with Gasteiger partial charge in [-0.3, -0.25) is 0 Å². The van der Waals surface area contributed by atoms with Crippen molar-refractivity contribution in [2.24, 2.45) is 0 Å². The first-order chi connectivity index (χ1) is 8.42. The summed E-state index contributed by atoms with van der Waals surface area (Å²) in [7, 11) is 0. The second-order valence-electron chi connectivity index (χ2n) is 3.95. The second-order valence-corrected chi connectivity index (χ2v) is 3.95. The van der Waals surface area contributed by atoms with E-state index in [1.165, 1.54) is 19.3 Å². The van der Waals surface area contributed by atoms with Crippen LogP contribution in [0.3, 0.4) is 0 Å². The van der Waals surface area contributed by atoms with Gasteiger partial charge < -0.3 is 5.32 Å². The molecule has 2 rings (SSSR count). The first kappa shape index (κ1) is 11.6. The van der Waals surface area contributed by atoms with Crippen LogP contribution in [0.2, 0.25) is 0 Å². The van der Waals surface area contributed by atoms with Gasteiger partial charge in [-0.1, -0.05) is 25.8 Å². The maximum absolute atomic E-state index is 4.29. The van der Waals surface area contributed by atoms with Crippen LogP contribution in [0.5, 0.6) is 0 Å². The third kappa shape index (κ3) is 3.06. The Bertz CT molecular complexity index is 436. The fourth-order valence-corrected chi connectivity index (χ4v) is 1.69. The second kappa shape index (κ2) is 6.03. The van der Waals surface area contributed by atoms with Gasteiger partial charge in [0, 0.05) is 18.8 Å². The number of rotatable bonds is 6. The number of nitrogens with one attached hydrogen (secondary N) is 1. The van der Waals surface area contributed by atoms with Gasteiger partial charge in [-0.15, -0.1) is 0 Å². The highest BCUT2D eigenvalue weighted by Crippen LogP contribution is 2.12. The third-order valence-electron chi connectivity index (χ3n) is 2.60. The van der Waals surface area contributed by atoms with Crippen molar-refractivity contribution in [2.45, 2.75) is 26.2 Å². The quantitative estimate of drug-likeness (QED) is 0.776. The van der Waals surface area contributed by atoms with E-state index >= 15 is 0 Å². The van der Waals surface area contributed by atoms with E-state index in [0.29, 0.717) is 0 Å². The lowest BCUT2D eigenvalue weighted by Crippen LogP contribution is -2.08. The van der Waals surface area contributed by atoms with E-state index in [9.17, 15) is 0 Å². The molecule has 0 aliphatic rings. The molecule has 1 N–H and O–H groups in total. The molecule has 0 saturated carbocycles. The molecule has 0 saturated heterocycles. The van der Waals surface area contributed by atoms with E-state index in [1.54, 1.807) is 12.4 Å². The first-order valence-corrected chi connectivity index (χ1v) is 6.11.